The minimum absolute atomic E-state index is 0.0645. The Balaban J connectivity index is 2.31. The summed E-state index contributed by atoms with van der Waals surface area (Å²) in [6.45, 7) is 2.62. The van der Waals surface area contributed by atoms with Gasteiger partial charge in [0.1, 0.15) is 0 Å². The highest BCUT2D eigenvalue weighted by Gasteiger charge is 2.56. The third-order valence-corrected chi connectivity index (χ3v) is 4.79. The van der Waals surface area contributed by atoms with E-state index < -0.39 is 70.9 Å². The van der Waals surface area contributed by atoms with Crippen LogP contribution in [0.1, 0.15) is 25.0 Å². The molecule has 1 aromatic carbocycles. The van der Waals surface area contributed by atoms with E-state index in [1.807, 2.05) is 0 Å². The Bertz CT molecular complexity index is 662. The zero-order valence-electron chi connectivity index (χ0n) is 13.8. The van der Waals surface area contributed by atoms with Gasteiger partial charge in [0.15, 0.2) is 23.3 Å². The van der Waals surface area contributed by atoms with Crippen molar-refractivity contribution in [1.29, 1.82) is 0 Å². The van der Waals surface area contributed by atoms with Crippen molar-refractivity contribution in [3.8, 4) is 0 Å². The molecular weight excluding hydrogens is 353 g/mol. The van der Waals surface area contributed by atoms with E-state index in [-0.39, 0.29) is 6.08 Å². The fraction of sp³-hybridized carbons (Fsp3) is 0.529. The van der Waals surface area contributed by atoms with E-state index in [0.29, 0.717) is 0 Å². The van der Waals surface area contributed by atoms with Crippen molar-refractivity contribution in [2.75, 3.05) is 7.11 Å². The molecule has 0 spiro atoms. The summed E-state index contributed by atoms with van der Waals surface area (Å²) in [7, 11) is 1.12. The van der Waals surface area contributed by atoms with Gasteiger partial charge in [0.2, 0.25) is 0 Å². The van der Waals surface area contributed by atoms with E-state index in [2.05, 4.69) is 4.74 Å². The van der Waals surface area contributed by atoms with Gasteiger partial charge in [-0.05, 0) is 23.7 Å². The summed E-state index contributed by atoms with van der Waals surface area (Å²) in [5.41, 5.74) is -2.32. The second kappa shape index (κ2) is 6.63. The maximum Gasteiger partial charge on any atom is 0.409 e. The van der Waals surface area contributed by atoms with Gasteiger partial charge in [0.25, 0.3) is 0 Å². The molecule has 0 saturated heterocycles. The summed E-state index contributed by atoms with van der Waals surface area (Å²) >= 11 is 0. The molecule has 8 heteroatoms. The highest BCUT2D eigenvalue weighted by molar-refractivity contribution is 5.32. The van der Waals surface area contributed by atoms with Crippen LogP contribution in [0.25, 0.3) is 0 Å². The number of halogens is 7. The minimum Gasteiger partial charge on any atom is -0.380 e. The van der Waals surface area contributed by atoms with Crippen LogP contribution in [0.4, 0.5) is 30.7 Å². The Labute approximate surface area is 140 Å². The van der Waals surface area contributed by atoms with Gasteiger partial charge in [-0.25, -0.2) is 17.6 Å². The van der Waals surface area contributed by atoms with Crippen molar-refractivity contribution in [2.45, 2.75) is 33.1 Å². The van der Waals surface area contributed by atoms with Crippen LogP contribution in [-0.4, -0.2) is 13.3 Å². The number of ether oxygens (including phenoxy) is 1. The van der Waals surface area contributed by atoms with E-state index in [1.54, 1.807) is 13.8 Å². The van der Waals surface area contributed by atoms with Gasteiger partial charge >= 0.3 is 6.18 Å². The second-order valence-corrected chi connectivity index (χ2v) is 6.70. The maximum atomic E-state index is 14.1. The van der Waals surface area contributed by atoms with Crippen LogP contribution in [0.3, 0.4) is 0 Å². The molecule has 1 nitrogen and oxygen atoms in total. The van der Waals surface area contributed by atoms with Gasteiger partial charge in [-0.3, -0.25) is 0 Å². The van der Waals surface area contributed by atoms with Crippen molar-refractivity contribution in [1.82, 2.24) is 0 Å². The van der Waals surface area contributed by atoms with Gasteiger partial charge < -0.3 is 4.74 Å². The lowest BCUT2D eigenvalue weighted by atomic mass is 9.99. The number of hydrogen-bond donors (Lipinski definition) is 0. The van der Waals surface area contributed by atoms with E-state index >= 15 is 0 Å². The van der Waals surface area contributed by atoms with E-state index in [1.165, 1.54) is 0 Å². The zero-order chi connectivity index (χ0) is 19.2. The first-order valence-electron chi connectivity index (χ1n) is 7.50. The smallest absolute Gasteiger partial charge is 0.380 e. The Morgan fingerprint density at radius 1 is 0.960 bits per heavy atom. The normalized spacial score (nSPS) is 22.6. The molecule has 0 radical (unpaired) electrons. The summed E-state index contributed by atoms with van der Waals surface area (Å²) in [5.74, 6) is -7.33. The molecule has 1 aliphatic rings. The molecule has 25 heavy (non-hydrogen) atoms. The van der Waals surface area contributed by atoms with Gasteiger partial charge in [-0.2, -0.15) is 13.2 Å². The summed E-state index contributed by atoms with van der Waals surface area (Å²) in [5, 5.41) is 0. The Hall–Kier alpha value is -1.57. The molecule has 0 heterocycles. The predicted molar refractivity (Wildman–Crippen MR) is 76.6 cm³/mol. The van der Waals surface area contributed by atoms with Crippen molar-refractivity contribution in [3.63, 3.8) is 0 Å². The predicted octanol–water partition coefficient (Wildman–Crippen LogP) is 5.32. The second-order valence-electron chi connectivity index (χ2n) is 6.70. The SMILES string of the molecule is COCc1c(F)c(F)c(C[C@@H]2[C@H](C=CC(F)(F)F)C2(C)C)c(F)c1F. The van der Waals surface area contributed by atoms with Gasteiger partial charge in [-0.15, -0.1) is 0 Å². The average Bonchev–Trinajstić information content (AvgIpc) is 3.03. The molecule has 0 bridgehead atoms. The molecular formula is C17H17F7O. The molecule has 0 N–H and O–H groups in total. The third-order valence-electron chi connectivity index (χ3n) is 4.79. The monoisotopic (exact) mass is 370 g/mol. The third kappa shape index (κ3) is 3.83. The number of rotatable bonds is 5. The summed E-state index contributed by atoms with van der Waals surface area (Å²) in [6, 6.07) is 0. The zero-order valence-corrected chi connectivity index (χ0v) is 13.8. The molecule has 0 amide bonds. The number of benzene rings is 1. The minimum atomic E-state index is -4.50. The van der Waals surface area contributed by atoms with Crippen LogP contribution < -0.4 is 0 Å². The summed E-state index contributed by atoms with van der Waals surface area (Å²) < 4.78 is 97.5. The van der Waals surface area contributed by atoms with Crippen LogP contribution in [0.2, 0.25) is 0 Å². The van der Waals surface area contributed by atoms with Crippen molar-refractivity contribution < 1.29 is 35.5 Å². The first-order valence-corrected chi connectivity index (χ1v) is 7.50. The molecule has 0 unspecified atom stereocenters. The molecule has 2 atom stereocenters. The number of allylic oxidation sites excluding steroid dienone is 2. The lowest BCUT2D eigenvalue weighted by molar-refractivity contribution is -0.0801. The Kier molecular flexibility index (Phi) is 5.23. The van der Waals surface area contributed by atoms with Gasteiger partial charge in [0.05, 0.1) is 12.2 Å². The molecule has 140 valence electrons. The van der Waals surface area contributed by atoms with Crippen molar-refractivity contribution >= 4 is 0 Å². The first kappa shape index (κ1) is 19.8. The Morgan fingerprint density at radius 2 is 1.44 bits per heavy atom. The van der Waals surface area contributed by atoms with Crippen LogP contribution >= 0.6 is 0 Å². The van der Waals surface area contributed by atoms with Gasteiger partial charge in [0, 0.05) is 18.7 Å². The molecule has 0 aromatic heterocycles. The summed E-state index contributed by atoms with van der Waals surface area (Å²) in [4.78, 5) is 0. The molecule has 1 aromatic rings. The number of methoxy groups -OCH3 is 1. The van der Waals surface area contributed by atoms with Crippen molar-refractivity contribution in [3.05, 3.63) is 46.5 Å². The van der Waals surface area contributed by atoms with Crippen LogP contribution in [0, 0.1) is 40.5 Å². The standard InChI is InChI=1S/C17H17F7O/c1-16(2)10(4-5-17(22,23)24)11(16)6-8-12(18)14(20)9(7-25-3)15(21)13(8)19/h4-5,10-11H,6-7H2,1-3H3/t10-,11+/m0/s1. The average molecular weight is 370 g/mol. The lowest BCUT2D eigenvalue weighted by Crippen LogP contribution is -2.11. The molecule has 2 rings (SSSR count). The van der Waals surface area contributed by atoms with E-state index in [0.717, 1.165) is 13.2 Å². The quantitative estimate of drug-likeness (QED) is 0.387. The Morgan fingerprint density at radius 3 is 1.88 bits per heavy atom. The van der Waals surface area contributed by atoms with Crippen LogP contribution in [0.15, 0.2) is 12.2 Å². The first-order chi connectivity index (χ1) is 11.4. The molecule has 0 aliphatic heterocycles. The maximum absolute atomic E-state index is 14.1. The fourth-order valence-electron chi connectivity index (χ4n) is 3.16. The number of alkyl halides is 3. The van der Waals surface area contributed by atoms with E-state index in [9.17, 15) is 30.7 Å². The molecule has 1 saturated carbocycles. The molecule has 1 aliphatic carbocycles. The van der Waals surface area contributed by atoms with Crippen LogP contribution in [0.5, 0.6) is 0 Å². The molecule has 1 fully saturated rings. The fourth-order valence-corrected chi connectivity index (χ4v) is 3.16. The lowest BCUT2D eigenvalue weighted by Gasteiger charge is -2.12. The number of hydrogen-bond acceptors (Lipinski definition) is 1. The van der Waals surface area contributed by atoms with Crippen molar-refractivity contribution in [2.24, 2.45) is 17.3 Å². The van der Waals surface area contributed by atoms with Crippen LogP contribution in [-0.2, 0) is 17.8 Å². The highest BCUT2D eigenvalue weighted by atomic mass is 19.4. The highest BCUT2D eigenvalue weighted by Crippen LogP contribution is 2.60. The van der Waals surface area contributed by atoms with Gasteiger partial charge in [-0.1, -0.05) is 19.9 Å². The topological polar surface area (TPSA) is 9.23 Å². The largest absolute Gasteiger partial charge is 0.409 e. The van der Waals surface area contributed by atoms with E-state index in [4.69, 9.17) is 0 Å². The summed E-state index contributed by atoms with van der Waals surface area (Å²) in [6.07, 6.45) is -3.92.